The molecule has 2 aromatic rings. The highest BCUT2D eigenvalue weighted by Gasteiger charge is 2.36. The first-order valence-electron chi connectivity index (χ1n) is 10.3. The van der Waals surface area contributed by atoms with E-state index in [2.05, 4.69) is 16.4 Å². The molecule has 0 radical (unpaired) electrons. The molecule has 0 spiro atoms. The van der Waals surface area contributed by atoms with Crippen molar-refractivity contribution in [1.29, 1.82) is 5.26 Å². The van der Waals surface area contributed by atoms with Gasteiger partial charge in [0.05, 0.1) is 18.4 Å². The van der Waals surface area contributed by atoms with E-state index in [4.69, 9.17) is 5.73 Å². The van der Waals surface area contributed by atoms with Crippen molar-refractivity contribution in [3.05, 3.63) is 36.4 Å². The second kappa shape index (κ2) is 8.21. The molecule has 4 rings (SSSR count). The van der Waals surface area contributed by atoms with Crippen molar-refractivity contribution in [2.24, 2.45) is 11.7 Å². The van der Waals surface area contributed by atoms with E-state index >= 15 is 0 Å². The van der Waals surface area contributed by atoms with E-state index in [9.17, 15) is 14.9 Å². The number of rotatable bonds is 4. The van der Waals surface area contributed by atoms with Gasteiger partial charge in [0.15, 0.2) is 0 Å². The summed E-state index contributed by atoms with van der Waals surface area (Å²) in [6, 6.07) is 6.97. The first kappa shape index (κ1) is 19.4. The third-order valence-electron chi connectivity index (χ3n) is 6.24. The Morgan fingerprint density at radius 1 is 1.28 bits per heavy atom. The fourth-order valence-corrected chi connectivity index (χ4v) is 4.50. The van der Waals surface area contributed by atoms with Crippen LogP contribution in [0.4, 0.5) is 0 Å². The average molecular weight is 394 g/mol. The molecule has 2 amide bonds. The summed E-state index contributed by atoms with van der Waals surface area (Å²) in [6.45, 7) is 0.620. The molecule has 2 atom stereocenters. The number of carbonyl (C=O) groups excluding carboxylic acids is 2. The molecule has 1 aliphatic carbocycles. The van der Waals surface area contributed by atoms with Crippen molar-refractivity contribution in [2.75, 3.05) is 6.54 Å². The van der Waals surface area contributed by atoms with Gasteiger partial charge in [-0.1, -0.05) is 0 Å². The molecule has 1 saturated heterocycles. The van der Waals surface area contributed by atoms with E-state index in [0.717, 1.165) is 44.0 Å². The van der Waals surface area contributed by atoms with Gasteiger partial charge in [0.1, 0.15) is 11.7 Å². The third kappa shape index (κ3) is 3.96. The first-order valence-corrected chi connectivity index (χ1v) is 10.3. The average Bonchev–Trinajstić information content (AvgIpc) is 3.41. The molecule has 0 aromatic carbocycles. The van der Waals surface area contributed by atoms with Crippen molar-refractivity contribution in [2.45, 2.75) is 56.7 Å². The highest BCUT2D eigenvalue weighted by Crippen LogP contribution is 2.28. The molecule has 29 heavy (non-hydrogen) atoms. The minimum absolute atomic E-state index is 0.0597. The van der Waals surface area contributed by atoms with Crippen LogP contribution in [0.3, 0.4) is 0 Å². The van der Waals surface area contributed by atoms with Crippen molar-refractivity contribution >= 4 is 17.3 Å². The number of carbonyl (C=O) groups is 2. The van der Waals surface area contributed by atoms with Gasteiger partial charge in [-0.25, -0.2) is 4.98 Å². The van der Waals surface area contributed by atoms with Crippen LogP contribution in [0.15, 0.2) is 30.7 Å². The summed E-state index contributed by atoms with van der Waals surface area (Å²) in [5.74, 6) is -0.191. The smallest absolute Gasteiger partial charge is 0.270 e. The summed E-state index contributed by atoms with van der Waals surface area (Å²) in [6.07, 6.45) is 8.26. The number of amides is 2. The monoisotopic (exact) mass is 394 g/mol. The molecule has 8 nitrogen and oxygen atoms in total. The van der Waals surface area contributed by atoms with Crippen LogP contribution in [-0.4, -0.2) is 50.8 Å². The van der Waals surface area contributed by atoms with Gasteiger partial charge < -0.3 is 20.4 Å². The van der Waals surface area contributed by atoms with Crippen LogP contribution in [-0.2, 0) is 4.79 Å². The summed E-state index contributed by atoms with van der Waals surface area (Å²) < 4.78 is 1.86. The molecule has 0 bridgehead atoms. The number of nitrogens with two attached hydrogens (primary N) is 1. The fourth-order valence-electron chi connectivity index (χ4n) is 4.50. The fraction of sp³-hybridized carbons (Fsp3) is 0.524. The Hall–Kier alpha value is -2.92. The van der Waals surface area contributed by atoms with Gasteiger partial charge in [-0.15, -0.1) is 0 Å². The lowest BCUT2D eigenvalue weighted by Gasteiger charge is -2.34. The molecule has 3 heterocycles. The molecule has 2 aliphatic rings. The zero-order chi connectivity index (χ0) is 20.4. The summed E-state index contributed by atoms with van der Waals surface area (Å²) in [7, 11) is 0. The van der Waals surface area contributed by atoms with E-state index in [-0.39, 0.29) is 29.8 Å². The molecule has 2 aromatic heterocycles. The molecular weight excluding hydrogens is 368 g/mol. The van der Waals surface area contributed by atoms with E-state index < -0.39 is 6.04 Å². The maximum atomic E-state index is 12.7. The predicted molar refractivity (Wildman–Crippen MR) is 107 cm³/mol. The van der Waals surface area contributed by atoms with Crippen LogP contribution in [0.1, 0.15) is 49.0 Å². The number of nitrogens with zero attached hydrogens (tertiary/aromatic N) is 4. The Morgan fingerprint density at radius 3 is 2.83 bits per heavy atom. The predicted octanol–water partition coefficient (Wildman–Crippen LogP) is 1.46. The number of nitriles is 1. The number of likely N-dealkylation sites (tertiary alicyclic amines) is 1. The molecule has 3 N–H and O–H groups in total. The second-order valence-corrected chi connectivity index (χ2v) is 8.04. The summed E-state index contributed by atoms with van der Waals surface area (Å²) in [5, 5.41) is 12.3. The van der Waals surface area contributed by atoms with Crippen LogP contribution < -0.4 is 11.1 Å². The number of hydrogen-bond donors (Lipinski definition) is 2. The van der Waals surface area contributed by atoms with Crippen LogP contribution in [0.2, 0.25) is 0 Å². The minimum Gasteiger partial charge on any atom is -0.348 e. The van der Waals surface area contributed by atoms with Crippen molar-refractivity contribution in [3.8, 4) is 6.07 Å². The van der Waals surface area contributed by atoms with E-state index in [0.29, 0.717) is 12.2 Å². The van der Waals surface area contributed by atoms with Crippen LogP contribution in [0.25, 0.3) is 5.52 Å². The Morgan fingerprint density at radius 2 is 2.07 bits per heavy atom. The van der Waals surface area contributed by atoms with Gasteiger partial charge in [-0.3, -0.25) is 9.59 Å². The highest BCUT2D eigenvalue weighted by molar-refractivity contribution is 5.93. The molecule has 1 aliphatic heterocycles. The number of hydrogen-bond acceptors (Lipinski definition) is 5. The largest absolute Gasteiger partial charge is 0.348 e. The molecule has 8 heteroatoms. The minimum atomic E-state index is -0.570. The van der Waals surface area contributed by atoms with Gasteiger partial charge in [0, 0.05) is 24.3 Å². The van der Waals surface area contributed by atoms with E-state index in [1.165, 1.54) is 0 Å². The molecular formula is C21H26N6O2. The number of nitrogens with one attached hydrogen (secondary N) is 1. The Labute approximate surface area is 169 Å². The molecule has 2 fully saturated rings. The lowest BCUT2D eigenvalue weighted by molar-refractivity contribution is -0.134. The lowest BCUT2D eigenvalue weighted by Crippen LogP contribution is -2.50. The summed E-state index contributed by atoms with van der Waals surface area (Å²) in [4.78, 5) is 31.1. The standard InChI is InChI=1S/C21H26N6O2/c22-12-17-4-2-10-27(17)21(29)19(23)14-5-7-15(8-6-14)25-20(28)18-11-16-3-1-9-26(16)13-24-18/h1,3,9,11,13-15,17,19H,2,4-8,10,23H2,(H,25,28)/t14?,15?,17-,19-/m0/s1. The van der Waals surface area contributed by atoms with E-state index in [1.54, 1.807) is 17.3 Å². The van der Waals surface area contributed by atoms with Crippen molar-refractivity contribution in [3.63, 3.8) is 0 Å². The zero-order valence-electron chi connectivity index (χ0n) is 16.3. The summed E-state index contributed by atoms with van der Waals surface area (Å²) in [5.41, 5.74) is 7.60. The highest BCUT2D eigenvalue weighted by atomic mass is 16.2. The first-order chi connectivity index (χ1) is 14.1. The van der Waals surface area contributed by atoms with Gasteiger partial charge in [0.2, 0.25) is 5.91 Å². The molecule has 0 unspecified atom stereocenters. The number of aromatic nitrogens is 2. The quantitative estimate of drug-likeness (QED) is 0.814. The zero-order valence-corrected chi connectivity index (χ0v) is 16.3. The van der Waals surface area contributed by atoms with E-state index in [1.807, 2.05) is 22.7 Å². The normalized spacial score (nSPS) is 25.5. The topological polar surface area (TPSA) is 117 Å². The van der Waals surface area contributed by atoms with Crippen LogP contribution in [0.5, 0.6) is 0 Å². The Bertz CT molecular complexity index is 940. The second-order valence-electron chi connectivity index (χ2n) is 8.04. The van der Waals surface area contributed by atoms with Gasteiger partial charge in [0.25, 0.3) is 5.91 Å². The third-order valence-corrected chi connectivity index (χ3v) is 6.24. The summed E-state index contributed by atoms with van der Waals surface area (Å²) >= 11 is 0. The van der Waals surface area contributed by atoms with Crippen LogP contribution in [0, 0.1) is 17.2 Å². The maximum absolute atomic E-state index is 12.7. The van der Waals surface area contributed by atoms with Crippen LogP contribution >= 0.6 is 0 Å². The maximum Gasteiger partial charge on any atom is 0.270 e. The molecule has 1 saturated carbocycles. The molecule has 152 valence electrons. The Balaban J connectivity index is 1.30. The van der Waals surface area contributed by atoms with Crippen molar-refractivity contribution in [1.82, 2.24) is 19.6 Å². The lowest BCUT2D eigenvalue weighted by atomic mass is 9.81. The Kier molecular flexibility index (Phi) is 5.49. The van der Waals surface area contributed by atoms with Gasteiger partial charge >= 0.3 is 0 Å². The van der Waals surface area contributed by atoms with Crippen molar-refractivity contribution < 1.29 is 9.59 Å². The number of fused-ring (bicyclic) bond motifs is 1. The SMILES string of the molecule is N#C[C@@H]1CCCN1C(=O)[C@@H](N)C1CCC(NC(=O)c2cc3cccn3cn2)CC1. The van der Waals surface area contributed by atoms with Gasteiger partial charge in [-0.2, -0.15) is 5.26 Å². The van der Waals surface area contributed by atoms with Gasteiger partial charge in [-0.05, 0) is 62.6 Å².